The molecule has 156 valence electrons. The van der Waals surface area contributed by atoms with Gasteiger partial charge in [-0.25, -0.2) is 9.99 Å². The Labute approximate surface area is 183 Å². The molecule has 0 saturated carbocycles. The van der Waals surface area contributed by atoms with Gasteiger partial charge in [0.15, 0.2) is 10.9 Å². The highest BCUT2D eigenvalue weighted by Gasteiger charge is 2.26. The van der Waals surface area contributed by atoms with Crippen molar-refractivity contribution in [3.05, 3.63) is 71.1 Å². The van der Waals surface area contributed by atoms with E-state index in [9.17, 15) is 14.4 Å². The summed E-state index contributed by atoms with van der Waals surface area (Å²) in [4.78, 5) is 42.1. The summed E-state index contributed by atoms with van der Waals surface area (Å²) in [6.07, 6.45) is 0.470. The number of rotatable bonds is 6. The number of nitrogens with zero attached hydrogens (tertiary/aromatic N) is 3. The molecule has 31 heavy (non-hydrogen) atoms. The molecule has 7 nitrogen and oxygen atoms in total. The molecule has 2 heterocycles. The summed E-state index contributed by atoms with van der Waals surface area (Å²) in [7, 11) is 0. The average molecular weight is 433 g/mol. The molecule has 1 aliphatic heterocycles. The second-order valence-electron chi connectivity index (χ2n) is 7.06. The van der Waals surface area contributed by atoms with Crippen molar-refractivity contribution in [2.75, 3.05) is 5.32 Å². The number of hydrogen-bond acceptors (Lipinski definition) is 6. The van der Waals surface area contributed by atoms with Crippen molar-refractivity contribution in [2.45, 2.75) is 26.3 Å². The van der Waals surface area contributed by atoms with Crippen LogP contribution < -0.4 is 5.32 Å². The van der Waals surface area contributed by atoms with Crippen molar-refractivity contribution in [2.24, 2.45) is 5.10 Å². The standard InChI is InChI=1S/C23H20N4O3S/c1-15(28)21-20(17-10-6-3-7-11-17)24-23(31-21)25-22(30)18-12-13-19(29)27(26-18)14-16-8-4-2-5-9-16/h2-11H,12-14H2,1H3,(H,24,25,30). The van der Waals surface area contributed by atoms with Gasteiger partial charge in [0.1, 0.15) is 5.71 Å². The largest absolute Gasteiger partial charge is 0.297 e. The molecule has 1 N–H and O–H groups in total. The fourth-order valence-corrected chi connectivity index (χ4v) is 4.10. The molecule has 0 unspecified atom stereocenters. The molecule has 2 aromatic carbocycles. The Hall–Kier alpha value is -3.65. The molecule has 1 aromatic heterocycles. The Morgan fingerprint density at radius 3 is 2.39 bits per heavy atom. The first-order chi connectivity index (χ1) is 15.0. The zero-order valence-electron chi connectivity index (χ0n) is 16.9. The lowest BCUT2D eigenvalue weighted by atomic mass is 10.1. The SMILES string of the molecule is CC(=O)c1sc(NC(=O)C2=NN(Cc3ccccc3)C(=O)CC2)nc1-c1ccccc1. The number of hydrogen-bond donors (Lipinski definition) is 1. The van der Waals surface area contributed by atoms with Crippen molar-refractivity contribution in [3.8, 4) is 11.3 Å². The minimum absolute atomic E-state index is 0.119. The molecule has 2 amide bonds. The zero-order chi connectivity index (χ0) is 21.8. The highest BCUT2D eigenvalue weighted by molar-refractivity contribution is 7.18. The highest BCUT2D eigenvalue weighted by atomic mass is 32.1. The van der Waals surface area contributed by atoms with Gasteiger partial charge in [-0.15, -0.1) is 0 Å². The fourth-order valence-electron chi connectivity index (χ4n) is 3.22. The number of hydrazone groups is 1. The molecule has 0 atom stereocenters. The lowest BCUT2D eigenvalue weighted by Crippen LogP contribution is -2.36. The van der Waals surface area contributed by atoms with Gasteiger partial charge in [0.25, 0.3) is 5.91 Å². The van der Waals surface area contributed by atoms with Gasteiger partial charge in [0.2, 0.25) is 5.91 Å². The van der Waals surface area contributed by atoms with Gasteiger partial charge in [-0.3, -0.25) is 19.7 Å². The Balaban J connectivity index is 1.54. The molecule has 0 spiro atoms. The van der Waals surface area contributed by atoms with Crippen LogP contribution in [0.25, 0.3) is 11.3 Å². The van der Waals surface area contributed by atoms with Gasteiger partial charge >= 0.3 is 0 Å². The summed E-state index contributed by atoms with van der Waals surface area (Å²) in [5, 5.41) is 8.67. The Bertz CT molecular complexity index is 1160. The first-order valence-corrected chi connectivity index (χ1v) is 10.6. The van der Waals surface area contributed by atoms with E-state index in [1.54, 1.807) is 0 Å². The van der Waals surface area contributed by atoms with E-state index in [-0.39, 0.29) is 30.2 Å². The van der Waals surface area contributed by atoms with Crippen LogP contribution in [0.3, 0.4) is 0 Å². The maximum atomic E-state index is 12.8. The van der Waals surface area contributed by atoms with Crippen LogP contribution in [0.5, 0.6) is 0 Å². The van der Waals surface area contributed by atoms with Gasteiger partial charge < -0.3 is 0 Å². The Kier molecular flexibility index (Phi) is 5.99. The summed E-state index contributed by atoms with van der Waals surface area (Å²) in [6, 6.07) is 18.8. The Morgan fingerprint density at radius 2 is 1.71 bits per heavy atom. The number of anilines is 1. The molecule has 0 fully saturated rings. The maximum Gasteiger partial charge on any atom is 0.273 e. The van der Waals surface area contributed by atoms with E-state index in [0.717, 1.165) is 22.5 Å². The van der Waals surface area contributed by atoms with Crippen molar-refractivity contribution < 1.29 is 14.4 Å². The molecule has 3 aromatic rings. The third kappa shape index (κ3) is 4.75. The van der Waals surface area contributed by atoms with Crippen LogP contribution in [-0.2, 0) is 16.1 Å². The smallest absolute Gasteiger partial charge is 0.273 e. The van der Waals surface area contributed by atoms with Gasteiger partial charge in [0.05, 0.1) is 17.1 Å². The minimum atomic E-state index is -0.422. The van der Waals surface area contributed by atoms with E-state index < -0.39 is 5.91 Å². The van der Waals surface area contributed by atoms with Crippen LogP contribution in [0.4, 0.5) is 5.13 Å². The second kappa shape index (κ2) is 9.01. The van der Waals surface area contributed by atoms with Gasteiger partial charge in [-0.1, -0.05) is 72.0 Å². The lowest BCUT2D eigenvalue weighted by Gasteiger charge is -2.23. The van der Waals surface area contributed by atoms with Crippen LogP contribution in [0.15, 0.2) is 65.8 Å². The Morgan fingerprint density at radius 1 is 1.03 bits per heavy atom. The van der Waals surface area contributed by atoms with Crippen LogP contribution in [0.2, 0.25) is 0 Å². The number of amides is 2. The molecular weight excluding hydrogens is 412 g/mol. The monoisotopic (exact) mass is 432 g/mol. The van der Waals surface area contributed by atoms with Gasteiger partial charge in [0, 0.05) is 25.3 Å². The summed E-state index contributed by atoms with van der Waals surface area (Å²) in [5.41, 5.74) is 2.54. The molecule has 0 saturated heterocycles. The first-order valence-electron chi connectivity index (χ1n) is 9.81. The molecule has 1 aliphatic rings. The second-order valence-corrected chi connectivity index (χ2v) is 8.06. The van der Waals surface area contributed by atoms with E-state index in [1.165, 1.54) is 11.9 Å². The first kappa shape index (κ1) is 20.6. The van der Waals surface area contributed by atoms with Crippen LogP contribution in [0, 0.1) is 0 Å². The van der Waals surface area contributed by atoms with Crippen LogP contribution in [0.1, 0.15) is 35.0 Å². The fraction of sp³-hybridized carbons (Fsp3) is 0.174. The third-order valence-electron chi connectivity index (χ3n) is 4.76. The predicted molar refractivity (Wildman–Crippen MR) is 120 cm³/mol. The topological polar surface area (TPSA) is 91.7 Å². The number of nitrogens with one attached hydrogen (secondary N) is 1. The summed E-state index contributed by atoms with van der Waals surface area (Å²) in [6.45, 7) is 1.78. The highest BCUT2D eigenvalue weighted by Crippen LogP contribution is 2.31. The van der Waals surface area contributed by atoms with E-state index in [0.29, 0.717) is 22.2 Å². The zero-order valence-corrected chi connectivity index (χ0v) is 17.7. The number of carbonyl (C=O) groups is 3. The van der Waals surface area contributed by atoms with Crippen molar-refractivity contribution in [1.82, 2.24) is 9.99 Å². The molecule has 0 aliphatic carbocycles. The molecule has 4 rings (SSSR count). The van der Waals surface area contributed by atoms with E-state index in [2.05, 4.69) is 15.4 Å². The van der Waals surface area contributed by atoms with E-state index >= 15 is 0 Å². The number of ketones is 1. The van der Waals surface area contributed by atoms with Crippen LogP contribution in [-0.4, -0.2) is 33.3 Å². The van der Waals surface area contributed by atoms with Crippen molar-refractivity contribution >= 4 is 39.8 Å². The third-order valence-corrected chi connectivity index (χ3v) is 5.83. The van der Waals surface area contributed by atoms with Gasteiger partial charge in [-0.05, 0) is 5.56 Å². The maximum absolute atomic E-state index is 12.8. The average Bonchev–Trinajstić information content (AvgIpc) is 3.21. The number of aromatic nitrogens is 1. The van der Waals surface area contributed by atoms with Crippen molar-refractivity contribution in [3.63, 3.8) is 0 Å². The number of thiazole rings is 1. The molecule has 0 radical (unpaired) electrons. The summed E-state index contributed by atoms with van der Waals surface area (Å²) >= 11 is 1.13. The number of carbonyl (C=O) groups excluding carboxylic acids is 3. The summed E-state index contributed by atoms with van der Waals surface area (Å²) in [5.74, 6) is -0.666. The predicted octanol–water partition coefficient (Wildman–Crippen LogP) is 4.13. The number of Topliss-reactive ketones (excluding diaryl/α,β-unsaturated/α-hetero) is 1. The van der Waals surface area contributed by atoms with Gasteiger partial charge in [-0.2, -0.15) is 5.10 Å². The minimum Gasteiger partial charge on any atom is -0.297 e. The molecule has 0 bridgehead atoms. The van der Waals surface area contributed by atoms with E-state index in [1.807, 2.05) is 60.7 Å². The normalized spacial score (nSPS) is 13.6. The van der Waals surface area contributed by atoms with Crippen LogP contribution >= 0.6 is 11.3 Å². The summed E-state index contributed by atoms with van der Waals surface area (Å²) < 4.78 is 0. The number of benzene rings is 2. The lowest BCUT2D eigenvalue weighted by molar-refractivity contribution is -0.132. The molecule has 8 heteroatoms. The molecular formula is C23H20N4O3S. The van der Waals surface area contributed by atoms with E-state index in [4.69, 9.17) is 0 Å². The van der Waals surface area contributed by atoms with Crippen molar-refractivity contribution in [1.29, 1.82) is 0 Å². The quantitative estimate of drug-likeness (QED) is 0.593.